The van der Waals surface area contributed by atoms with Crippen molar-refractivity contribution < 1.29 is 32.9 Å². The van der Waals surface area contributed by atoms with Crippen molar-refractivity contribution in [3.8, 4) is 16.9 Å². The van der Waals surface area contributed by atoms with E-state index in [-0.39, 0.29) is 30.2 Å². The molecule has 52 heavy (non-hydrogen) atoms. The average Bonchev–Trinajstić information content (AvgIpc) is 4.11. The third-order valence-corrected chi connectivity index (χ3v) is 12.2. The number of benzene rings is 2. The number of pyridine rings is 1. The SMILES string of the molecule is O=C(NCCCC[C@H](O)CO)NCCCN1CCN(S(=O)(=O)c2ccc(Cl)c(COC3(c4cnccc4-c4ccccc4OC4CC4)CC3)c2)CC1. The monoisotopic (exact) mass is 755 g/mol. The summed E-state index contributed by atoms with van der Waals surface area (Å²) in [4.78, 5) is 18.9. The number of aromatic nitrogens is 1. The van der Waals surface area contributed by atoms with E-state index in [9.17, 15) is 18.3 Å². The van der Waals surface area contributed by atoms with Gasteiger partial charge in [-0.2, -0.15) is 4.31 Å². The highest BCUT2D eigenvalue weighted by atomic mass is 35.5. The molecule has 4 N–H and O–H groups in total. The van der Waals surface area contributed by atoms with Gasteiger partial charge in [0.15, 0.2) is 0 Å². The summed E-state index contributed by atoms with van der Waals surface area (Å²) < 4.78 is 41.8. The first-order valence-electron chi connectivity index (χ1n) is 18.3. The molecule has 2 amide bonds. The maximum Gasteiger partial charge on any atom is 0.314 e. The lowest BCUT2D eigenvalue weighted by Gasteiger charge is -2.34. The number of urea groups is 1. The van der Waals surface area contributed by atoms with Crippen LogP contribution in [0.2, 0.25) is 5.02 Å². The van der Waals surface area contributed by atoms with Crippen molar-refractivity contribution in [3.63, 3.8) is 0 Å². The summed E-state index contributed by atoms with van der Waals surface area (Å²) in [6.07, 6.45) is 9.69. The van der Waals surface area contributed by atoms with Gasteiger partial charge in [-0.1, -0.05) is 29.8 Å². The number of aliphatic hydroxyl groups excluding tert-OH is 2. The predicted molar refractivity (Wildman–Crippen MR) is 199 cm³/mol. The molecule has 2 aromatic carbocycles. The third kappa shape index (κ3) is 10.0. The number of ether oxygens (including phenoxy) is 2. The van der Waals surface area contributed by atoms with Crippen LogP contribution in [-0.4, -0.2) is 103 Å². The largest absolute Gasteiger partial charge is 0.490 e. The summed E-state index contributed by atoms with van der Waals surface area (Å²) in [7, 11) is -3.75. The number of para-hydroxylation sites is 1. The van der Waals surface area contributed by atoms with E-state index in [4.69, 9.17) is 26.2 Å². The van der Waals surface area contributed by atoms with Crippen molar-refractivity contribution in [2.75, 3.05) is 52.4 Å². The Kier molecular flexibility index (Phi) is 13.1. The standard InChI is InChI=1S/C38H50ClN5O7S/c39-35-12-11-31(52(48,49)44-22-20-43(21-23-44)19-5-17-42-37(47)41-16-4-3-6-29(46)26-45)24-28(35)27-50-38(14-15-38)34-25-40-18-13-32(34)33-7-1-2-8-36(33)51-30-9-10-30/h1-2,7-8,11-13,18,24-25,29-30,45-46H,3-6,9-10,14-17,19-23,26-27H2,(H2,41,42,47)/t29-/m0/s1. The van der Waals surface area contributed by atoms with Crippen LogP contribution in [0.15, 0.2) is 65.8 Å². The number of carbonyl (C=O) groups excluding carboxylic acids is 1. The average molecular weight is 756 g/mol. The lowest BCUT2D eigenvalue weighted by atomic mass is 9.96. The summed E-state index contributed by atoms with van der Waals surface area (Å²) in [5.74, 6) is 0.855. The van der Waals surface area contributed by atoms with E-state index in [0.29, 0.717) is 56.3 Å². The van der Waals surface area contributed by atoms with Crippen LogP contribution in [-0.2, 0) is 27.0 Å². The molecule has 14 heteroatoms. The predicted octanol–water partition coefficient (Wildman–Crippen LogP) is 4.67. The second kappa shape index (κ2) is 17.7. The van der Waals surface area contributed by atoms with Gasteiger partial charge in [0.05, 0.1) is 35.9 Å². The molecule has 0 spiro atoms. The van der Waals surface area contributed by atoms with Crippen LogP contribution >= 0.6 is 11.6 Å². The Labute approximate surface area is 311 Å². The lowest BCUT2D eigenvalue weighted by molar-refractivity contribution is 0.0173. The van der Waals surface area contributed by atoms with Crippen molar-refractivity contribution in [2.24, 2.45) is 0 Å². The summed E-state index contributed by atoms with van der Waals surface area (Å²) in [6, 6.07) is 14.7. The van der Waals surface area contributed by atoms with E-state index in [1.807, 2.05) is 30.5 Å². The molecule has 1 aliphatic heterocycles. The number of nitrogens with zero attached hydrogens (tertiary/aromatic N) is 3. The van der Waals surface area contributed by atoms with Crippen molar-refractivity contribution in [1.29, 1.82) is 0 Å². The Morgan fingerprint density at radius 3 is 2.48 bits per heavy atom. The number of halogens is 1. The van der Waals surface area contributed by atoms with Gasteiger partial charge < -0.3 is 35.2 Å². The maximum atomic E-state index is 13.7. The smallest absolute Gasteiger partial charge is 0.314 e. The Hall–Kier alpha value is -3.30. The topological polar surface area (TPSA) is 154 Å². The number of sulfonamides is 1. The Morgan fingerprint density at radius 2 is 1.75 bits per heavy atom. The molecule has 0 radical (unpaired) electrons. The first kappa shape index (κ1) is 38.4. The number of piperazine rings is 1. The normalized spacial score (nSPS) is 18.1. The van der Waals surface area contributed by atoms with Gasteiger partial charge in [0.1, 0.15) is 5.75 Å². The molecule has 282 valence electrons. The molecule has 1 saturated heterocycles. The van der Waals surface area contributed by atoms with Crippen LogP contribution in [0.25, 0.3) is 11.1 Å². The number of carbonyl (C=O) groups is 1. The van der Waals surface area contributed by atoms with Crippen LogP contribution in [0, 0.1) is 0 Å². The van der Waals surface area contributed by atoms with E-state index >= 15 is 0 Å². The molecule has 1 atom stereocenters. The number of hydrogen-bond donors (Lipinski definition) is 4. The third-order valence-electron chi connectivity index (χ3n) is 9.90. The number of amides is 2. The first-order chi connectivity index (χ1) is 25.2. The van der Waals surface area contributed by atoms with Crippen molar-refractivity contribution in [1.82, 2.24) is 24.8 Å². The summed E-state index contributed by atoms with van der Waals surface area (Å²) >= 11 is 6.61. The zero-order valence-corrected chi connectivity index (χ0v) is 31.1. The molecular formula is C38H50ClN5O7S. The van der Waals surface area contributed by atoms with Gasteiger partial charge in [-0.15, -0.1) is 0 Å². The minimum absolute atomic E-state index is 0.158. The van der Waals surface area contributed by atoms with Crippen LogP contribution in [0.5, 0.6) is 5.75 Å². The quantitative estimate of drug-likeness (QED) is 0.128. The van der Waals surface area contributed by atoms with E-state index in [1.165, 1.54) is 4.31 Å². The second-order valence-corrected chi connectivity index (χ2v) is 16.2. The van der Waals surface area contributed by atoms with Gasteiger partial charge in [0.2, 0.25) is 10.0 Å². The van der Waals surface area contributed by atoms with Crippen LogP contribution in [0.4, 0.5) is 4.79 Å². The molecule has 12 nitrogen and oxygen atoms in total. The minimum atomic E-state index is -3.75. The highest BCUT2D eigenvalue weighted by molar-refractivity contribution is 7.89. The highest BCUT2D eigenvalue weighted by Gasteiger charge is 2.48. The van der Waals surface area contributed by atoms with Gasteiger partial charge in [0, 0.05) is 67.8 Å². The van der Waals surface area contributed by atoms with E-state index in [1.54, 1.807) is 24.4 Å². The molecule has 3 fully saturated rings. The van der Waals surface area contributed by atoms with Crippen molar-refractivity contribution >= 4 is 27.7 Å². The Morgan fingerprint density at radius 1 is 1.00 bits per heavy atom. The summed E-state index contributed by atoms with van der Waals surface area (Å²) in [5.41, 5.74) is 3.09. The summed E-state index contributed by atoms with van der Waals surface area (Å²) in [5, 5.41) is 24.3. The zero-order chi connectivity index (χ0) is 36.6. The molecule has 6 rings (SSSR count). The van der Waals surface area contributed by atoms with E-state index in [2.05, 4.69) is 26.6 Å². The fourth-order valence-corrected chi connectivity index (χ4v) is 8.15. The molecule has 2 heterocycles. The van der Waals surface area contributed by atoms with E-state index < -0.39 is 21.7 Å². The Bertz CT molecular complexity index is 1760. The molecule has 3 aromatic rings. The lowest BCUT2D eigenvalue weighted by Crippen LogP contribution is -2.49. The van der Waals surface area contributed by atoms with E-state index in [0.717, 1.165) is 73.9 Å². The van der Waals surface area contributed by atoms with Gasteiger partial charge in [-0.3, -0.25) is 4.98 Å². The van der Waals surface area contributed by atoms with Gasteiger partial charge >= 0.3 is 6.03 Å². The van der Waals surface area contributed by atoms with Crippen LogP contribution in [0.3, 0.4) is 0 Å². The van der Waals surface area contributed by atoms with Gasteiger partial charge in [0.25, 0.3) is 0 Å². The molecule has 0 bridgehead atoms. The molecule has 1 aromatic heterocycles. The number of rotatable bonds is 19. The number of nitrogens with one attached hydrogen (secondary N) is 2. The van der Waals surface area contributed by atoms with Gasteiger partial charge in [-0.05, 0) is 99.4 Å². The number of aliphatic hydroxyl groups is 2. The first-order valence-corrected chi connectivity index (χ1v) is 20.2. The highest BCUT2D eigenvalue weighted by Crippen LogP contribution is 2.53. The zero-order valence-electron chi connectivity index (χ0n) is 29.5. The fourth-order valence-electron chi connectivity index (χ4n) is 6.50. The Balaban J connectivity index is 0.987. The van der Waals surface area contributed by atoms with Crippen molar-refractivity contribution in [3.05, 3.63) is 77.1 Å². The molecule has 0 unspecified atom stereocenters. The van der Waals surface area contributed by atoms with Crippen molar-refractivity contribution in [2.45, 2.75) is 80.7 Å². The minimum Gasteiger partial charge on any atom is -0.490 e. The molecular weight excluding hydrogens is 706 g/mol. The van der Waals surface area contributed by atoms with Crippen LogP contribution < -0.4 is 15.4 Å². The molecule has 3 aliphatic rings. The van der Waals surface area contributed by atoms with Crippen LogP contribution in [0.1, 0.15) is 62.5 Å². The molecule has 2 aliphatic carbocycles. The maximum absolute atomic E-state index is 13.7. The second-order valence-electron chi connectivity index (χ2n) is 13.9. The number of unbranched alkanes of at least 4 members (excludes halogenated alkanes) is 1. The molecule has 2 saturated carbocycles. The fraction of sp³-hybridized carbons (Fsp3) is 0.526. The van der Waals surface area contributed by atoms with Gasteiger partial charge in [-0.25, -0.2) is 13.2 Å². The summed E-state index contributed by atoms with van der Waals surface area (Å²) in [6.45, 7) is 3.60. The number of hydrogen-bond acceptors (Lipinski definition) is 9.